The molecule has 0 aliphatic carbocycles. The fourth-order valence-electron chi connectivity index (χ4n) is 2.43. The normalized spacial score (nSPS) is 11.0. The molecule has 1 aromatic rings. The molecule has 7 nitrogen and oxygen atoms in total. The topological polar surface area (TPSA) is 62.3 Å². The maximum absolute atomic E-state index is 12.0. The van der Waals surface area contributed by atoms with E-state index in [-0.39, 0.29) is 19.2 Å². The summed E-state index contributed by atoms with van der Waals surface area (Å²) in [4.78, 5) is 28.0. The van der Waals surface area contributed by atoms with Gasteiger partial charge in [-0.1, -0.05) is 13.8 Å². The van der Waals surface area contributed by atoms with Gasteiger partial charge in [0.15, 0.2) is 0 Å². The molecule has 28 heavy (non-hydrogen) atoms. The van der Waals surface area contributed by atoms with Gasteiger partial charge < -0.3 is 19.3 Å². The second-order valence-corrected chi connectivity index (χ2v) is 7.49. The van der Waals surface area contributed by atoms with Crippen LogP contribution in [-0.2, 0) is 14.3 Å². The Morgan fingerprint density at radius 1 is 0.929 bits per heavy atom. The first-order chi connectivity index (χ1) is 13.4. The van der Waals surface area contributed by atoms with Crippen molar-refractivity contribution in [2.45, 2.75) is 20.3 Å². The number of likely N-dealkylation sites (N-methyl/N-ethyl adjacent to an activating group) is 2. The lowest BCUT2D eigenvalue weighted by atomic mass is 10.2. The van der Waals surface area contributed by atoms with Crippen LogP contribution in [0.3, 0.4) is 0 Å². The number of esters is 2. The Hall–Kier alpha value is -1.64. The maximum atomic E-state index is 12.0. The molecule has 0 fully saturated rings. The van der Waals surface area contributed by atoms with Crippen molar-refractivity contribution in [1.29, 1.82) is 0 Å². The Morgan fingerprint density at radius 3 is 2.14 bits per heavy atom. The second-order valence-electron chi connectivity index (χ2n) is 6.48. The first-order valence-corrected chi connectivity index (χ1v) is 10.3. The number of rotatable bonds is 13. The van der Waals surface area contributed by atoms with Crippen LogP contribution in [0, 0.1) is 0 Å². The molecule has 0 amide bonds. The van der Waals surface area contributed by atoms with E-state index in [2.05, 4.69) is 38.8 Å². The molecule has 0 heterocycles. The molecule has 8 heteroatoms. The van der Waals surface area contributed by atoms with Crippen LogP contribution in [0.2, 0.25) is 0 Å². The van der Waals surface area contributed by atoms with Crippen LogP contribution in [-0.4, -0.2) is 80.8 Å². The predicted molar refractivity (Wildman–Crippen MR) is 115 cm³/mol. The third-order valence-corrected chi connectivity index (χ3v) is 5.14. The Labute approximate surface area is 176 Å². The molecule has 0 saturated carbocycles. The third-order valence-electron chi connectivity index (χ3n) is 4.28. The number of benzene rings is 1. The van der Waals surface area contributed by atoms with Gasteiger partial charge in [0.2, 0.25) is 0 Å². The van der Waals surface area contributed by atoms with Gasteiger partial charge in [0.25, 0.3) is 0 Å². The van der Waals surface area contributed by atoms with E-state index in [1.54, 1.807) is 12.1 Å². The quantitative estimate of drug-likeness (QED) is 0.256. The van der Waals surface area contributed by atoms with Crippen molar-refractivity contribution in [1.82, 2.24) is 8.83 Å². The molecule has 0 saturated heterocycles. The molecule has 0 radical (unpaired) electrons. The summed E-state index contributed by atoms with van der Waals surface area (Å²) in [5.41, 5.74) is 1.48. The van der Waals surface area contributed by atoms with E-state index in [1.807, 2.05) is 31.1 Å². The number of halogens is 1. The smallest absolute Gasteiger partial charge is 0.338 e. The Kier molecular flexibility index (Phi) is 11.8. The summed E-state index contributed by atoms with van der Waals surface area (Å²) < 4.78 is 12.4. The average molecular weight is 458 g/mol. The highest BCUT2D eigenvalue weighted by molar-refractivity contribution is 9.07. The van der Waals surface area contributed by atoms with E-state index < -0.39 is 5.97 Å². The summed E-state index contributed by atoms with van der Waals surface area (Å²) in [6, 6.07) is 7.14. The molecular weight excluding hydrogens is 426 g/mol. The van der Waals surface area contributed by atoms with Crippen molar-refractivity contribution in [3.8, 4) is 0 Å². The molecule has 0 aromatic heterocycles. The Morgan fingerprint density at radius 2 is 1.57 bits per heavy atom. The summed E-state index contributed by atoms with van der Waals surface area (Å²) in [6.07, 6.45) is 0.322. The molecule has 0 bridgehead atoms. The largest absolute Gasteiger partial charge is 0.462 e. The summed E-state index contributed by atoms with van der Waals surface area (Å²) in [6.45, 7) is 8.49. The minimum absolute atomic E-state index is 0.0482. The van der Waals surface area contributed by atoms with Crippen LogP contribution < -0.4 is 4.90 Å². The fourth-order valence-corrected chi connectivity index (χ4v) is 2.59. The van der Waals surface area contributed by atoms with E-state index in [9.17, 15) is 9.59 Å². The lowest BCUT2D eigenvalue weighted by molar-refractivity contribution is -0.145. The molecule has 0 spiro atoms. The van der Waals surface area contributed by atoms with E-state index in [4.69, 9.17) is 9.47 Å². The monoisotopic (exact) mass is 457 g/mol. The number of nitrogens with zero attached hydrogens (tertiary/aromatic N) is 3. The highest BCUT2D eigenvalue weighted by Crippen LogP contribution is 2.12. The predicted octanol–water partition coefficient (Wildman–Crippen LogP) is 2.80. The highest BCUT2D eigenvalue weighted by Gasteiger charge is 2.11. The minimum atomic E-state index is -0.422. The van der Waals surface area contributed by atoms with Crippen molar-refractivity contribution >= 4 is 33.8 Å². The molecule has 1 aromatic carbocycles. The van der Waals surface area contributed by atoms with Crippen molar-refractivity contribution in [2.75, 3.05) is 64.9 Å². The maximum Gasteiger partial charge on any atom is 0.338 e. The standard InChI is InChI=1S/C20H32BrN3O4/c1-5-23(13-14-24(21)6-2)12-11-19(25)27-15-16-28-20(26)17-7-9-18(10-8-17)22(3)4/h7-10H,5-6,11-16H2,1-4H3. The number of hydrogen-bond donors (Lipinski definition) is 0. The van der Waals surface area contributed by atoms with Crippen molar-refractivity contribution in [3.63, 3.8) is 0 Å². The lowest BCUT2D eigenvalue weighted by Gasteiger charge is -2.22. The molecule has 0 atom stereocenters. The van der Waals surface area contributed by atoms with E-state index in [1.165, 1.54) is 0 Å². The summed E-state index contributed by atoms with van der Waals surface area (Å²) in [5, 5.41) is 0. The average Bonchev–Trinajstić information content (AvgIpc) is 2.70. The number of carbonyl (C=O) groups is 2. The van der Waals surface area contributed by atoms with Gasteiger partial charge in [-0.15, -0.1) is 0 Å². The molecule has 1 rings (SSSR count). The molecule has 0 N–H and O–H groups in total. The van der Waals surface area contributed by atoms with Gasteiger partial charge in [-0.25, -0.2) is 8.72 Å². The zero-order valence-corrected chi connectivity index (χ0v) is 18.9. The Bertz CT molecular complexity index is 596. The zero-order chi connectivity index (χ0) is 20.9. The van der Waals surface area contributed by atoms with Gasteiger partial charge in [0.05, 0.1) is 12.0 Å². The lowest BCUT2D eigenvalue weighted by Crippen LogP contribution is -2.33. The van der Waals surface area contributed by atoms with Crippen LogP contribution in [0.4, 0.5) is 5.69 Å². The molecule has 0 unspecified atom stereocenters. The summed E-state index contributed by atoms with van der Waals surface area (Å²) >= 11 is 3.47. The minimum Gasteiger partial charge on any atom is -0.462 e. The van der Waals surface area contributed by atoms with Gasteiger partial charge >= 0.3 is 11.9 Å². The van der Waals surface area contributed by atoms with Gasteiger partial charge in [-0.3, -0.25) is 4.79 Å². The van der Waals surface area contributed by atoms with Crippen LogP contribution >= 0.6 is 16.1 Å². The number of anilines is 1. The van der Waals surface area contributed by atoms with Gasteiger partial charge in [0, 0.05) is 62.1 Å². The van der Waals surface area contributed by atoms with E-state index in [0.29, 0.717) is 18.5 Å². The van der Waals surface area contributed by atoms with Gasteiger partial charge in [-0.05, 0) is 30.8 Å². The first-order valence-electron chi connectivity index (χ1n) is 9.60. The van der Waals surface area contributed by atoms with E-state index in [0.717, 1.165) is 31.9 Å². The highest BCUT2D eigenvalue weighted by atomic mass is 79.9. The molecule has 0 aliphatic heterocycles. The molecule has 158 valence electrons. The van der Waals surface area contributed by atoms with Crippen LogP contribution in [0.25, 0.3) is 0 Å². The number of ether oxygens (including phenoxy) is 2. The third kappa shape index (κ3) is 9.52. The Balaban J connectivity index is 2.22. The summed E-state index contributed by atoms with van der Waals surface area (Å²) in [7, 11) is 3.87. The zero-order valence-electron chi connectivity index (χ0n) is 17.3. The molecule has 0 aliphatic rings. The van der Waals surface area contributed by atoms with Crippen molar-refractivity contribution in [2.24, 2.45) is 0 Å². The van der Waals surface area contributed by atoms with Crippen LogP contribution in [0.15, 0.2) is 24.3 Å². The summed E-state index contributed by atoms with van der Waals surface area (Å²) in [5.74, 6) is -0.704. The second kappa shape index (κ2) is 13.5. The van der Waals surface area contributed by atoms with Crippen molar-refractivity contribution in [3.05, 3.63) is 29.8 Å². The SMILES string of the molecule is CCN(Br)CCN(CC)CCC(=O)OCCOC(=O)c1ccc(N(C)C)cc1. The molecular formula is C20H32BrN3O4. The number of carbonyl (C=O) groups excluding carboxylic acids is 2. The van der Waals surface area contributed by atoms with Gasteiger partial charge in [-0.2, -0.15) is 0 Å². The van der Waals surface area contributed by atoms with Gasteiger partial charge in [0.1, 0.15) is 13.2 Å². The fraction of sp³-hybridized carbons (Fsp3) is 0.600. The van der Waals surface area contributed by atoms with Crippen LogP contribution in [0.5, 0.6) is 0 Å². The number of hydrogen-bond acceptors (Lipinski definition) is 7. The van der Waals surface area contributed by atoms with Crippen molar-refractivity contribution < 1.29 is 19.1 Å². The van der Waals surface area contributed by atoms with E-state index >= 15 is 0 Å². The van der Waals surface area contributed by atoms with Crippen LogP contribution in [0.1, 0.15) is 30.6 Å². The first kappa shape index (κ1) is 24.4.